The molecule has 0 aliphatic heterocycles. The summed E-state index contributed by atoms with van der Waals surface area (Å²) >= 11 is 0. The zero-order valence-electron chi connectivity index (χ0n) is 14.5. The van der Waals surface area contributed by atoms with Crippen LogP contribution in [0.2, 0.25) is 0 Å². The number of fused-ring (bicyclic) bond motifs is 2. The monoisotopic (exact) mass is 350 g/mol. The number of nitrogens with one attached hydrogen (secondary N) is 1. The van der Waals surface area contributed by atoms with Gasteiger partial charge in [0, 0.05) is 25.4 Å². The molecule has 8 heteroatoms. The predicted octanol–water partition coefficient (Wildman–Crippen LogP) is 2.41. The third-order valence-corrected chi connectivity index (χ3v) is 4.11. The summed E-state index contributed by atoms with van der Waals surface area (Å²) in [5, 5.41) is 8.47. The molecule has 132 valence electrons. The molecule has 0 saturated heterocycles. The van der Waals surface area contributed by atoms with E-state index in [9.17, 15) is 0 Å². The van der Waals surface area contributed by atoms with Crippen molar-refractivity contribution < 1.29 is 9.47 Å². The van der Waals surface area contributed by atoms with Gasteiger partial charge in [0.05, 0.1) is 36.3 Å². The van der Waals surface area contributed by atoms with E-state index in [2.05, 4.69) is 25.4 Å². The van der Waals surface area contributed by atoms with Crippen LogP contribution in [-0.4, -0.2) is 51.9 Å². The Morgan fingerprint density at radius 3 is 2.88 bits per heavy atom. The number of hydrogen-bond donors (Lipinski definition) is 1. The minimum absolute atomic E-state index is 0.557. The number of anilines is 1. The molecule has 4 aromatic rings. The Balaban J connectivity index is 1.73. The van der Waals surface area contributed by atoms with E-state index in [4.69, 9.17) is 9.47 Å². The van der Waals surface area contributed by atoms with Gasteiger partial charge in [0.15, 0.2) is 0 Å². The van der Waals surface area contributed by atoms with E-state index in [0.717, 1.165) is 27.5 Å². The normalized spacial score (nSPS) is 11.2. The number of hydrogen-bond acceptors (Lipinski definition) is 7. The Bertz CT molecular complexity index is 1060. The van der Waals surface area contributed by atoms with Gasteiger partial charge in [-0.05, 0) is 23.8 Å². The molecule has 0 saturated carbocycles. The number of nitrogens with zero attached hydrogens (tertiary/aromatic N) is 5. The van der Waals surface area contributed by atoms with E-state index in [1.807, 2.05) is 30.5 Å². The summed E-state index contributed by atoms with van der Waals surface area (Å²) in [6.07, 6.45) is 5.22. The lowest BCUT2D eigenvalue weighted by atomic mass is 10.1. The van der Waals surface area contributed by atoms with E-state index in [0.29, 0.717) is 25.0 Å². The average molecular weight is 350 g/mol. The SMILES string of the molecule is COCCNc1ncc2c(-c3ccc4ncnc(OC)c4c3)ccn2n1. The topological polar surface area (TPSA) is 86.5 Å². The smallest absolute Gasteiger partial charge is 0.241 e. The first-order chi connectivity index (χ1) is 12.8. The fourth-order valence-corrected chi connectivity index (χ4v) is 2.85. The molecule has 3 heterocycles. The second-order valence-electron chi connectivity index (χ2n) is 5.68. The Kier molecular flexibility index (Phi) is 4.32. The highest BCUT2D eigenvalue weighted by Crippen LogP contribution is 2.30. The van der Waals surface area contributed by atoms with Crippen LogP contribution in [0.5, 0.6) is 5.88 Å². The fourth-order valence-electron chi connectivity index (χ4n) is 2.85. The molecule has 8 nitrogen and oxygen atoms in total. The first-order valence-electron chi connectivity index (χ1n) is 8.16. The zero-order valence-corrected chi connectivity index (χ0v) is 14.5. The van der Waals surface area contributed by atoms with E-state index in [-0.39, 0.29) is 0 Å². The molecular formula is C18H18N6O2. The van der Waals surface area contributed by atoms with Gasteiger partial charge in [-0.1, -0.05) is 6.07 Å². The lowest BCUT2D eigenvalue weighted by Crippen LogP contribution is -2.11. The van der Waals surface area contributed by atoms with Gasteiger partial charge in [-0.2, -0.15) is 0 Å². The summed E-state index contributed by atoms with van der Waals surface area (Å²) in [6.45, 7) is 1.25. The van der Waals surface area contributed by atoms with Crippen molar-refractivity contribution in [3.63, 3.8) is 0 Å². The van der Waals surface area contributed by atoms with Gasteiger partial charge in [-0.3, -0.25) is 0 Å². The average Bonchev–Trinajstić information content (AvgIpc) is 3.10. The second kappa shape index (κ2) is 6.93. The highest BCUT2D eigenvalue weighted by atomic mass is 16.5. The largest absolute Gasteiger partial charge is 0.480 e. The highest BCUT2D eigenvalue weighted by Gasteiger charge is 2.11. The molecule has 26 heavy (non-hydrogen) atoms. The van der Waals surface area contributed by atoms with Crippen LogP contribution >= 0.6 is 0 Å². The van der Waals surface area contributed by atoms with Crippen molar-refractivity contribution in [2.45, 2.75) is 0 Å². The van der Waals surface area contributed by atoms with Crippen molar-refractivity contribution >= 4 is 22.4 Å². The van der Waals surface area contributed by atoms with Crippen LogP contribution in [0.1, 0.15) is 0 Å². The van der Waals surface area contributed by atoms with Crippen molar-refractivity contribution in [3.8, 4) is 17.0 Å². The maximum atomic E-state index is 5.35. The summed E-state index contributed by atoms with van der Waals surface area (Å²) < 4.78 is 12.2. The van der Waals surface area contributed by atoms with E-state index in [1.54, 1.807) is 24.9 Å². The van der Waals surface area contributed by atoms with Gasteiger partial charge in [0.2, 0.25) is 11.8 Å². The quantitative estimate of drug-likeness (QED) is 0.534. The van der Waals surface area contributed by atoms with Gasteiger partial charge in [-0.15, -0.1) is 5.10 Å². The Labute approximate surface area is 149 Å². The summed E-state index contributed by atoms with van der Waals surface area (Å²) in [7, 11) is 3.27. The number of benzene rings is 1. The second-order valence-corrected chi connectivity index (χ2v) is 5.68. The zero-order chi connectivity index (χ0) is 17.9. The predicted molar refractivity (Wildman–Crippen MR) is 98.4 cm³/mol. The number of ether oxygens (including phenoxy) is 2. The molecule has 0 aliphatic rings. The molecule has 0 unspecified atom stereocenters. The number of rotatable bonds is 6. The lowest BCUT2D eigenvalue weighted by molar-refractivity contribution is 0.210. The molecule has 0 amide bonds. The molecule has 1 aromatic carbocycles. The molecule has 1 N–H and O–H groups in total. The van der Waals surface area contributed by atoms with Crippen molar-refractivity contribution in [2.75, 3.05) is 32.7 Å². The van der Waals surface area contributed by atoms with Crippen LogP contribution in [0.25, 0.3) is 27.5 Å². The molecule has 0 radical (unpaired) electrons. The van der Waals surface area contributed by atoms with Crippen molar-refractivity contribution in [3.05, 3.63) is 43.0 Å². The Hall–Kier alpha value is -3.26. The van der Waals surface area contributed by atoms with Gasteiger partial charge in [0.25, 0.3) is 0 Å². The Morgan fingerprint density at radius 2 is 2.04 bits per heavy atom. The van der Waals surface area contributed by atoms with E-state index >= 15 is 0 Å². The minimum Gasteiger partial charge on any atom is -0.480 e. The first-order valence-corrected chi connectivity index (χ1v) is 8.16. The summed E-state index contributed by atoms with van der Waals surface area (Å²) in [5.41, 5.74) is 3.81. The van der Waals surface area contributed by atoms with Crippen molar-refractivity contribution in [1.29, 1.82) is 0 Å². The summed E-state index contributed by atoms with van der Waals surface area (Å²) in [4.78, 5) is 12.8. The lowest BCUT2D eigenvalue weighted by Gasteiger charge is -2.07. The molecule has 3 aromatic heterocycles. The van der Waals surface area contributed by atoms with Gasteiger partial charge in [-0.25, -0.2) is 19.5 Å². The number of aromatic nitrogens is 5. The molecular weight excluding hydrogens is 332 g/mol. The first kappa shape index (κ1) is 16.2. The van der Waals surface area contributed by atoms with Gasteiger partial charge in [0.1, 0.15) is 6.33 Å². The minimum atomic E-state index is 0.557. The molecule has 0 fully saturated rings. The summed E-state index contributed by atoms with van der Waals surface area (Å²) in [5.74, 6) is 1.12. The van der Waals surface area contributed by atoms with E-state index in [1.165, 1.54) is 6.33 Å². The van der Waals surface area contributed by atoms with Crippen molar-refractivity contribution in [2.24, 2.45) is 0 Å². The maximum absolute atomic E-state index is 5.35. The third kappa shape index (κ3) is 2.91. The van der Waals surface area contributed by atoms with Crippen LogP contribution in [0.15, 0.2) is 43.0 Å². The van der Waals surface area contributed by atoms with Crippen LogP contribution in [0.3, 0.4) is 0 Å². The van der Waals surface area contributed by atoms with Crippen LogP contribution in [-0.2, 0) is 4.74 Å². The van der Waals surface area contributed by atoms with Gasteiger partial charge < -0.3 is 14.8 Å². The molecule has 0 spiro atoms. The molecule has 0 atom stereocenters. The fraction of sp³-hybridized carbons (Fsp3) is 0.222. The Morgan fingerprint density at radius 1 is 1.12 bits per heavy atom. The molecule has 0 bridgehead atoms. The molecule has 0 aliphatic carbocycles. The standard InChI is InChI=1S/C18H18N6O2/c1-25-8-6-19-18-20-10-16-13(5-7-24(16)23-18)12-3-4-15-14(9-12)17(26-2)22-11-21-15/h3-5,7,9-11H,6,8H2,1-2H3,(H,19,23). The van der Waals surface area contributed by atoms with Crippen molar-refractivity contribution in [1.82, 2.24) is 24.6 Å². The molecule has 4 rings (SSSR count). The summed E-state index contributed by atoms with van der Waals surface area (Å²) in [6, 6.07) is 8.02. The van der Waals surface area contributed by atoms with Crippen LogP contribution < -0.4 is 10.1 Å². The third-order valence-electron chi connectivity index (χ3n) is 4.11. The van der Waals surface area contributed by atoms with Crippen LogP contribution in [0, 0.1) is 0 Å². The van der Waals surface area contributed by atoms with Crippen LogP contribution in [0.4, 0.5) is 5.95 Å². The number of methoxy groups -OCH3 is 2. The van der Waals surface area contributed by atoms with E-state index < -0.39 is 0 Å². The van der Waals surface area contributed by atoms with Gasteiger partial charge >= 0.3 is 0 Å². The highest BCUT2D eigenvalue weighted by molar-refractivity contribution is 5.91. The maximum Gasteiger partial charge on any atom is 0.241 e.